The average Bonchev–Trinajstić information content (AvgIpc) is 3.04. The molecule has 0 aliphatic heterocycles. The van der Waals surface area contributed by atoms with Crippen molar-refractivity contribution in [2.75, 3.05) is 0 Å². The standard InChI is InChI=1S/C18H20Cl2N4/c1-4-10(3)12(5-2)16-15(13-7-6-11(19)8-14(13)20)17-18(24-23-16)22-9-21-17/h6-10,12H,4-5H2,1-3H3,(H,21,22,24). The molecule has 1 N–H and O–H groups in total. The van der Waals surface area contributed by atoms with Crippen LogP contribution < -0.4 is 0 Å². The Morgan fingerprint density at radius 3 is 2.58 bits per heavy atom. The molecule has 0 saturated heterocycles. The van der Waals surface area contributed by atoms with E-state index in [0.717, 1.165) is 35.2 Å². The number of hydrogen-bond acceptors (Lipinski definition) is 3. The second-order valence-corrected chi connectivity index (χ2v) is 6.93. The molecule has 1 aromatic carbocycles. The fourth-order valence-corrected chi connectivity index (χ4v) is 3.70. The number of nitrogens with zero attached hydrogens (tertiary/aromatic N) is 3. The molecule has 2 atom stereocenters. The molecular formula is C18H20Cl2N4. The van der Waals surface area contributed by atoms with Crippen molar-refractivity contribution >= 4 is 34.4 Å². The van der Waals surface area contributed by atoms with Crippen LogP contribution in [0.5, 0.6) is 0 Å². The van der Waals surface area contributed by atoms with Crippen molar-refractivity contribution in [3.05, 3.63) is 40.3 Å². The lowest BCUT2D eigenvalue weighted by atomic mass is 9.83. The highest BCUT2D eigenvalue weighted by molar-refractivity contribution is 6.36. The molecule has 2 aromatic heterocycles. The Bertz CT molecular complexity index is 859. The van der Waals surface area contributed by atoms with E-state index in [-0.39, 0.29) is 0 Å². The summed E-state index contributed by atoms with van der Waals surface area (Å²) in [4.78, 5) is 7.44. The summed E-state index contributed by atoms with van der Waals surface area (Å²) in [5, 5.41) is 10.1. The van der Waals surface area contributed by atoms with Gasteiger partial charge in [-0.1, -0.05) is 56.5 Å². The van der Waals surface area contributed by atoms with E-state index in [4.69, 9.17) is 23.2 Å². The molecule has 3 aromatic rings. The number of benzene rings is 1. The molecule has 0 fully saturated rings. The molecule has 0 spiro atoms. The zero-order chi connectivity index (χ0) is 17.3. The molecule has 126 valence electrons. The van der Waals surface area contributed by atoms with E-state index >= 15 is 0 Å². The first-order chi connectivity index (χ1) is 11.6. The van der Waals surface area contributed by atoms with Gasteiger partial charge >= 0.3 is 0 Å². The van der Waals surface area contributed by atoms with E-state index in [1.165, 1.54) is 0 Å². The molecule has 2 heterocycles. The molecule has 0 aliphatic carbocycles. The fraction of sp³-hybridized carbons (Fsp3) is 0.389. The Hall–Kier alpha value is -1.65. The third-order valence-electron chi connectivity index (χ3n) is 4.70. The minimum absolute atomic E-state index is 0.303. The lowest BCUT2D eigenvalue weighted by Gasteiger charge is -2.23. The molecule has 0 aliphatic rings. The van der Waals surface area contributed by atoms with Crippen molar-refractivity contribution in [1.29, 1.82) is 0 Å². The Kier molecular flexibility index (Phi) is 5.07. The van der Waals surface area contributed by atoms with Gasteiger partial charge in [0.2, 0.25) is 0 Å². The zero-order valence-corrected chi connectivity index (χ0v) is 15.5. The van der Waals surface area contributed by atoms with Gasteiger partial charge < -0.3 is 4.98 Å². The zero-order valence-electron chi connectivity index (χ0n) is 14.0. The van der Waals surface area contributed by atoms with Gasteiger partial charge in [-0.05, 0) is 24.5 Å². The van der Waals surface area contributed by atoms with Crippen LogP contribution in [0.15, 0.2) is 24.5 Å². The minimum Gasteiger partial charge on any atom is -0.343 e. The molecule has 0 bridgehead atoms. The van der Waals surface area contributed by atoms with Crippen LogP contribution in [0.4, 0.5) is 0 Å². The van der Waals surface area contributed by atoms with Crippen molar-refractivity contribution in [3.63, 3.8) is 0 Å². The highest BCUT2D eigenvalue weighted by Crippen LogP contribution is 2.40. The maximum Gasteiger partial charge on any atom is 0.200 e. The lowest BCUT2D eigenvalue weighted by molar-refractivity contribution is 0.425. The van der Waals surface area contributed by atoms with Crippen LogP contribution in [-0.2, 0) is 0 Å². The number of rotatable bonds is 5. The first kappa shape index (κ1) is 17.2. The number of hydrogen-bond donors (Lipinski definition) is 1. The topological polar surface area (TPSA) is 54.5 Å². The first-order valence-electron chi connectivity index (χ1n) is 8.21. The summed E-state index contributed by atoms with van der Waals surface area (Å²) in [6.45, 7) is 6.63. The molecule has 6 heteroatoms. The predicted octanol–water partition coefficient (Wildman–Crippen LogP) is 5.87. The van der Waals surface area contributed by atoms with Crippen molar-refractivity contribution in [2.24, 2.45) is 5.92 Å². The van der Waals surface area contributed by atoms with Crippen LogP contribution in [-0.4, -0.2) is 20.2 Å². The summed E-state index contributed by atoms with van der Waals surface area (Å²) in [6, 6.07) is 5.54. The Labute approximate surface area is 151 Å². The number of fused-ring (bicyclic) bond motifs is 1. The van der Waals surface area contributed by atoms with Crippen molar-refractivity contribution in [2.45, 2.75) is 39.5 Å². The second kappa shape index (κ2) is 7.08. The molecule has 0 radical (unpaired) electrons. The molecular weight excluding hydrogens is 343 g/mol. The van der Waals surface area contributed by atoms with Gasteiger partial charge in [-0.15, -0.1) is 5.10 Å². The summed E-state index contributed by atoms with van der Waals surface area (Å²) in [5.41, 5.74) is 4.31. The predicted molar refractivity (Wildman–Crippen MR) is 99.6 cm³/mol. The van der Waals surface area contributed by atoms with Crippen molar-refractivity contribution in [3.8, 4) is 11.1 Å². The highest BCUT2D eigenvalue weighted by atomic mass is 35.5. The van der Waals surface area contributed by atoms with E-state index < -0.39 is 0 Å². The minimum atomic E-state index is 0.303. The molecule has 24 heavy (non-hydrogen) atoms. The third-order valence-corrected chi connectivity index (χ3v) is 5.25. The normalized spacial score (nSPS) is 14.0. The van der Waals surface area contributed by atoms with Gasteiger partial charge in [-0.25, -0.2) is 4.98 Å². The fourth-order valence-electron chi connectivity index (χ4n) is 3.20. The van der Waals surface area contributed by atoms with Gasteiger partial charge in [0.1, 0.15) is 0 Å². The third kappa shape index (κ3) is 3.01. The maximum atomic E-state index is 6.50. The Morgan fingerprint density at radius 2 is 1.92 bits per heavy atom. The highest BCUT2D eigenvalue weighted by Gasteiger charge is 2.25. The van der Waals surface area contributed by atoms with E-state index in [2.05, 4.69) is 40.9 Å². The number of imidazole rings is 1. The second-order valence-electron chi connectivity index (χ2n) is 6.09. The quantitative estimate of drug-likeness (QED) is 0.617. The van der Waals surface area contributed by atoms with Gasteiger partial charge in [-0.3, -0.25) is 0 Å². The maximum absolute atomic E-state index is 6.50. The monoisotopic (exact) mass is 362 g/mol. The van der Waals surface area contributed by atoms with E-state index in [1.807, 2.05) is 12.1 Å². The average molecular weight is 363 g/mol. The van der Waals surface area contributed by atoms with E-state index in [0.29, 0.717) is 27.5 Å². The smallest absolute Gasteiger partial charge is 0.200 e. The van der Waals surface area contributed by atoms with Gasteiger partial charge in [0.15, 0.2) is 5.65 Å². The van der Waals surface area contributed by atoms with Gasteiger partial charge in [0, 0.05) is 22.1 Å². The molecule has 0 amide bonds. The van der Waals surface area contributed by atoms with Gasteiger partial charge in [0.05, 0.1) is 22.6 Å². The SMILES string of the molecule is CCC(C)C(CC)c1nnc2nc[nH]c2c1-c1ccc(Cl)cc1Cl. The van der Waals surface area contributed by atoms with Crippen LogP contribution in [0.25, 0.3) is 22.3 Å². The first-order valence-corrected chi connectivity index (χ1v) is 8.97. The van der Waals surface area contributed by atoms with Gasteiger partial charge in [-0.2, -0.15) is 5.10 Å². The van der Waals surface area contributed by atoms with Crippen LogP contribution in [0, 0.1) is 5.92 Å². The van der Waals surface area contributed by atoms with Crippen molar-refractivity contribution in [1.82, 2.24) is 20.2 Å². The Balaban J connectivity index is 2.30. The summed E-state index contributed by atoms with van der Waals surface area (Å²) in [7, 11) is 0. The molecule has 3 rings (SSSR count). The number of H-pyrrole nitrogens is 1. The summed E-state index contributed by atoms with van der Waals surface area (Å²) in [5.74, 6) is 0.798. The molecule has 4 nitrogen and oxygen atoms in total. The number of aromatic nitrogens is 4. The van der Waals surface area contributed by atoms with Crippen molar-refractivity contribution < 1.29 is 0 Å². The molecule has 0 saturated carbocycles. The van der Waals surface area contributed by atoms with E-state index in [9.17, 15) is 0 Å². The van der Waals surface area contributed by atoms with Crippen LogP contribution >= 0.6 is 23.2 Å². The summed E-state index contributed by atoms with van der Waals surface area (Å²) in [6.07, 6.45) is 3.71. The van der Waals surface area contributed by atoms with Crippen LogP contribution in [0.2, 0.25) is 10.0 Å². The molecule has 2 unspecified atom stereocenters. The van der Waals surface area contributed by atoms with Crippen LogP contribution in [0.3, 0.4) is 0 Å². The van der Waals surface area contributed by atoms with Gasteiger partial charge in [0.25, 0.3) is 0 Å². The number of halogens is 2. The Morgan fingerprint density at radius 1 is 1.12 bits per heavy atom. The number of nitrogens with one attached hydrogen (secondary N) is 1. The van der Waals surface area contributed by atoms with E-state index in [1.54, 1.807) is 12.4 Å². The summed E-state index contributed by atoms with van der Waals surface area (Å²) >= 11 is 12.6. The number of aromatic amines is 1. The summed E-state index contributed by atoms with van der Waals surface area (Å²) < 4.78 is 0. The lowest BCUT2D eigenvalue weighted by Crippen LogP contribution is -2.13. The largest absolute Gasteiger partial charge is 0.343 e. The van der Waals surface area contributed by atoms with Crippen LogP contribution in [0.1, 0.15) is 45.2 Å².